The van der Waals surface area contributed by atoms with Gasteiger partial charge in [0.05, 0.1) is 16.8 Å². The van der Waals surface area contributed by atoms with Crippen LogP contribution in [0.5, 0.6) is 0 Å². The lowest BCUT2D eigenvalue weighted by Crippen LogP contribution is -2.59. The molecule has 1 aliphatic heterocycles. The smallest absolute Gasteiger partial charge is 0.274 e. The monoisotopic (exact) mass is 452 g/mol. The average Bonchev–Trinajstić information content (AvgIpc) is 3.10. The summed E-state index contributed by atoms with van der Waals surface area (Å²) in [5.74, 6) is -2.01. The van der Waals surface area contributed by atoms with Gasteiger partial charge in [-0.2, -0.15) is 0 Å². The van der Waals surface area contributed by atoms with Gasteiger partial charge in [-0.15, -0.1) is 0 Å². The molecule has 34 heavy (non-hydrogen) atoms. The van der Waals surface area contributed by atoms with Gasteiger partial charge >= 0.3 is 0 Å². The fourth-order valence-electron chi connectivity index (χ4n) is 6.92. The molecular weight excluding hydrogens is 428 g/mol. The maximum Gasteiger partial charge on any atom is 0.293 e. The van der Waals surface area contributed by atoms with Gasteiger partial charge in [0.1, 0.15) is 5.69 Å². The first-order valence-electron chi connectivity index (χ1n) is 11.5. The number of hydrogen-bond donors (Lipinski definition) is 0. The van der Waals surface area contributed by atoms with Gasteiger partial charge in [-0.1, -0.05) is 62.4 Å². The second-order valence-corrected chi connectivity index (χ2v) is 10.1. The van der Waals surface area contributed by atoms with E-state index < -0.39 is 27.6 Å². The molecule has 0 aromatic heterocycles. The van der Waals surface area contributed by atoms with Crippen molar-refractivity contribution in [3.8, 4) is 0 Å². The zero-order chi connectivity index (χ0) is 24.2. The van der Waals surface area contributed by atoms with E-state index in [9.17, 15) is 19.7 Å². The Bertz CT molecular complexity index is 1340. The van der Waals surface area contributed by atoms with Crippen LogP contribution in [0.1, 0.15) is 47.2 Å². The Hall–Kier alpha value is -3.80. The third-order valence-corrected chi connectivity index (χ3v) is 8.67. The number of nitrogens with zero attached hydrogens (tertiary/aromatic N) is 2. The summed E-state index contributed by atoms with van der Waals surface area (Å²) in [6.45, 7) is 7.71. The van der Waals surface area contributed by atoms with Gasteiger partial charge in [0, 0.05) is 16.9 Å². The topological polar surface area (TPSA) is 80.5 Å². The molecule has 4 aliphatic rings. The summed E-state index contributed by atoms with van der Waals surface area (Å²) < 4.78 is 0. The molecule has 3 aromatic rings. The fourth-order valence-corrected chi connectivity index (χ4v) is 6.92. The van der Waals surface area contributed by atoms with Crippen LogP contribution in [-0.2, 0) is 20.4 Å². The minimum absolute atomic E-state index is 0.0669. The van der Waals surface area contributed by atoms with Crippen molar-refractivity contribution in [1.82, 2.24) is 0 Å². The van der Waals surface area contributed by atoms with Gasteiger partial charge in [0.25, 0.3) is 5.69 Å². The molecule has 3 aromatic carbocycles. The van der Waals surface area contributed by atoms with Crippen LogP contribution >= 0.6 is 0 Å². The van der Waals surface area contributed by atoms with Crippen molar-refractivity contribution in [2.24, 2.45) is 11.8 Å². The molecule has 3 aliphatic carbocycles. The van der Waals surface area contributed by atoms with Crippen LogP contribution in [0.2, 0.25) is 0 Å². The van der Waals surface area contributed by atoms with Crippen LogP contribution in [0.3, 0.4) is 0 Å². The Morgan fingerprint density at radius 1 is 0.765 bits per heavy atom. The van der Waals surface area contributed by atoms with Crippen molar-refractivity contribution in [3.05, 3.63) is 104 Å². The molecule has 0 saturated carbocycles. The lowest BCUT2D eigenvalue weighted by Gasteiger charge is -2.57. The number of carbonyl (C=O) groups excluding carboxylic acids is 2. The number of anilines is 1. The van der Waals surface area contributed by atoms with Crippen LogP contribution in [-0.4, -0.2) is 16.7 Å². The number of aryl methyl sites for hydroxylation is 2. The molecule has 6 nitrogen and oxygen atoms in total. The van der Waals surface area contributed by atoms with Crippen molar-refractivity contribution in [2.75, 3.05) is 4.90 Å². The number of carbonyl (C=O) groups is 2. The van der Waals surface area contributed by atoms with Crippen molar-refractivity contribution < 1.29 is 14.5 Å². The second-order valence-electron chi connectivity index (χ2n) is 10.1. The van der Waals surface area contributed by atoms with Gasteiger partial charge < -0.3 is 0 Å². The summed E-state index contributed by atoms with van der Waals surface area (Å²) in [7, 11) is 0. The molecule has 0 spiro atoms. The summed E-state index contributed by atoms with van der Waals surface area (Å²) in [5, 5.41) is 12.0. The molecule has 7 rings (SSSR count). The molecule has 1 saturated heterocycles. The molecule has 1 heterocycles. The van der Waals surface area contributed by atoms with Crippen LogP contribution in [0.15, 0.2) is 60.7 Å². The summed E-state index contributed by atoms with van der Waals surface area (Å²) in [5.41, 5.74) is 4.15. The predicted molar refractivity (Wildman–Crippen MR) is 128 cm³/mol. The molecular formula is C28H24N2O4. The van der Waals surface area contributed by atoms with E-state index in [0.717, 1.165) is 38.3 Å². The number of imide groups is 1. The SMILES string of the molecule is Cc1cc(N2C(=O)[C@@H]3[C@@H](C2=O)C2(C)c4ccccc4C3(C)c3ccccc32)c([N+](=O)[O-])cc1C. The van der Waals surface area contributed by atoms with Gasteiger partial charge in [-0.3, -0.25) is 19.7 Å². The van der Waals surface area contributed by atoms with Crippen LogP contribution < -0.4 is 4.90 Å². The minimum atomic E-state index is -0.717. The molecule has 0 N–H and O–H groups in total. The zero-order valence-electron chi connectivity index (χ0n) is 19.5. The summed E-state index contributed by atoms with van der Waals surface area (Å²) >= 11 is 0. The largest absolute Gasteiger partial charge is 0.293 e. The molecule has 1 fully saturated rings. The van der Waals surface area contributed by atoms with E-state index in [1.807, 2.05) is 45.0 Å². The maximum atomic E-state index is 14.2. The van der Waals surface area contributed by atoms with Gasteiger partial charge in [-0.25, -0.2) is 4.90 Å². The van der Waals surface area contributed by atoms with E-state index in [1.165, 1.54) is 6.07 Å². The Kier molecular flexibility index (Phi) is 3.92. The molecule has 2 atom stereocenters. The van der Waals surface area contributed by atoms with E-state index in [4.69, 9.17) is 0 Å². The standard InChI is InChI=1S/C28H24N2O4/c1-15-13-21(22(30(33)34)14-16(15)2)29-25(31)23-24(26(29)32)28(4)19-11-7-5-9-17(19)27(23,3)18-10-6-8-12-20(18)28/h5-14,23-24H,1-4H3/t23-,24-,27?,28?/m0/s1. The first-order chi connectivity index (χ1) is 16.1. The average molecular weight is 453 g/mol. The fraction of sp³-hybridized carbons (Fsp3) is 0.286. The molecule has 2 amide bonds. The highest BCUT2D eigenvalue weighted by molar-refractivity contribution is 6.25. The molecule has 6 heteroatoms. The normalized spacial score (nSPS) is 28.5. The van der Waals surface area contributed by atoms with E-state index in [2.05, 4.69) is 24.3 Å². The highest BCUT2D eigenvalue weighted by Gasteiger charge is 2.71. The minimum Gasteiger partial charge on any atom is -0.274 e. The number of nitro benzene ring substituents is 1. The molecule has 0 radical (unpaired) electrons. The number of nitro groups is 1. The number of hydrogen-bond acceptors (Lipinski definition) is 4. The Balaban J connectivity index is 1.65. The quantitative estimate of drug-likeness (QED) is 0.313. The maximum absolute atomic E-state index is 14.2. The lowest BCUT2D eigenvalue weighted by atomic mass is 9.42. The Morgan fingerprint density at radius 2 is 1.15 bits per heavy atom. The summed E-state index contributed by atoms with van der Waals surface area (Å²) in [6.07, 6.45) is 0. The number of rotatable bonds is 2. The van der Waals surface area contributed by atoms with Crippen LogP contribution in [0.4, 0.5) is 11.4 Å². The molecule has 0 unspecified atom stereocenters. The first kappa shape index (κ1) is 20.8. The molecule has 2 bridgehead atoms. The first-order valence-corrected chi connectivity index (χ1v) is 11.5. The lowest BCUT2D eigenvalue weighted by molar-refractivity contribution is -0.384. The number of benzene rings is 3. The summed E-state index contributed by atoms with van der Waals surface area (Å²) in [6, 6.07) is 19.2. The highest BCUT2D eigenvalue weighted by Crippen LogP contribution is 2.66. The van der Waals surface area contributed by atoms with Crippen LogP contribution in [0, 0.1) is 35.8 Å². The third kappa shape index (κ3) is 2.16. The summed E-state index contributed by atoms with van der Waals surface area (Å²) in [4.78, 5) is 40.9. The predicted octanol–water partition coefficient (Wildman–Crippen LogP) is 4.96. The van der Waals surface area contributed by atoms with Crippen molar-refractivity contribution in [3.63, 3.8) is 0 Å². The number of amides is 2. The zero-order valence-corrected chi connectivity index (χ0v) is 19.5. The van der Waals surface area contributed by atoms with Crippen molar-refractivity contribution >= 4 is 23.2 Å². The van der Waals surface area contributed by atoms with Crippen molar-refractivity contribution in [1.29, 1.82) is 0 Å². The second kappa shape index (κ2) is 6.41. The van der Waals surface area contributed by atoms with E-state index in [1.54, 1.807) is 13.0 Å². The molecule has 170 valence electrons. The van der Waals surface area contributed by atoms with Gasteiger partial charge in [-0.05, 0) is 53.3 Å². The van der Waals surface area contributed by atoms with E-state index >= 15 is 0 Å². The van der Waals surface area contributed by atoms with Gasteiger partial charge in [0.15, 0.2) is 0 Å². The Labute approximate surface area is 197 Å². The van der Waals surface area contributed by atoms with Gasteiger partial charge in [0.2, 0.25) is 11.8 Å². The Morgan fingerprint density at radius 3 is 1.53 bits per heavy atom. The van der Waals surface area contributed by atoms with Crippen molar-refractivity contribution in [2.45, 2.75) is 38.5 Å². The third-order valence-electron chi connectivity index (χ3n) is 8.67. The van der Waals surface area contributed by atoms with Crippen LogP contribution in [0.25, 0.3) is 0 Å². The van der Waals surface area contributed by atoms with E-state index in [-0.39, 0.29) is 23.2 Å². The highest BCUT2D eigenvalue weighted by atomic mass is 16.6. The van der Waals surface area contributed by atoms with E-state index in [0.29, 0.717) is 0 Å².